The van der Waals surface area contributed by atoms with Crippen LogP contribution in [0.2, 0.25) is 0 Å². The molecule has 1 aliphatic heterocycles. The number of nitrogens with zero attached hydrogens (tertiary/aromatic N) is 8. The van der Waals surface area contributed by atoms with Crippen molar-refractivity contribution < 1.29 is 17.6 Å². The Balaban J connectivity index is 1.29. The minimum atomic E-state index is -2.85. The van der Waals surface area contributed by atoms with Crippen LogP contribution in [0.15, 0.2) is 50.2 Å². The average Bonchev–Trinajstić information content (AvgIpc) is 3.52. The number of hydrogen-bond donors (Lipinski definition) is 0. The Labute approximate surface area is 204 Å². The van der Waals surface area contributed by atoms with Gasteiger partial charge >= 0.3 is 12.2 Å². The first-order chi connectivity index (χ1) is 17.4. The van der Waals surface area contributed by atoms with Crippen molar-refractivity contribution in [3.05, 3.63) is 58.7 Å². The number of rotatable bonds is 7. The molecule has 1 saturated heterocycles. The van der Waals surface area contributed by atoms with Gasteiger partial charge in [0.05, 0.1) is 17.8 Å². The van der Waals surface area contributed by atoms with Crippen molar-refractivity contribution in [1.29, 1.82) is 0 Å². The SMILES string of the molecule is CC(C)N1CCN(c2cccc(-c3nn(Cc4ccc(-c5nnc(C(F)F)o5)cn4)c(=O)o3)n2)CC1. The third kappa shape index (κ3) is 5.00. The molecule has 0 saturated carbocycles. The number of piperazine rings is 1. The summed E-state index contributed by atoms with van der Waals surface area (Å²) in [6.07, 6.45) is -1.45. The van der Waals surface area contributed by atoms with Gasteiger partial charge in [-0.2, -0.15) is 13.5 Å². The lowest BCUT2D eigenvalue weighted by Crippen LogP contribution is -2.49. The molecule has 1 aliphatic rings. The molecule has 0 aliphatic carbocycles. The molecule has 0 radical (unpaired) electrons. The fraction of sp³-hybridized carbons (Fsp3) is 0.391. The Morgan fingerprint density at radius 3 is 2.47 bits per heavy atom. The number of pyridine rings is 2. The second-order valence-electron chi connectivity index (χ2n) is 8.61. The van der Waals surface area contributed by atoms with E-state index in [-0.39, 0.29) is 18.3 Å². The van der Waals surface area contributed by atoms with Gasteiger partial charge in [-0.1, -0.05) is 6.07 Å². The van der Waals surface area contributed by atoms with E-state index in [2.05, 4.69) is 48.9 Å². The maximum Gasteiger partial charge on any atom is 0.437 e. The summed E-state index contributed by atoms with van der Waals surface area (Å²) in [6.45, 7) is 8.07. The van der Waals surface area contributed by atoms with Crippen LogP contribution in [0, 0.1) is 0 Å². The predicted octanol–water partition coefficient (Wildman–Crippen LogP) is 2.86. The predicted molar refractivity (Wildman–Crippen MR) is 125 cm³/mol. The van der Waals surface area contributed by atoms with Crippen LogP contribution in [0.1, 0.15) is 31.9 Å². The summed E-state index contributed by atoms with van der Waals surface area (Å²) in [5, 5.41) is 11.2. The fourth-order valence-electron chi connectivity index (χ4n) is 3.93. The lowest BCUT2D eigenvalue weighted by Gasteiger charge is -2.37. The highest BCUT2D eigenvalue weighted by atomic mass is 19.3. The Morgan fingerprint density at radius 1 is 1.00 bits per heavy atom. The number of aromatic nitrogens is 6. The van der Waals surface area contributed by atoms with Gasteiger partial charge in [-0.05, 0) is 38.1 Å². The molecule has 0 bridgehead atoms. The van der Waals surface area contributed by atoms with Crippen molar-refractivity contribution in [1.82, 2.24) is 34.8 Å². The molecular weight excluding hydrogens is 474 g/mol. The van der Waals surface area contributed by atoms with Crippen LogP contribution in [0.3, 0.4) is 0 Å². The largest absolute Gasteiger partial charge is 0.437 e. The molecule has 4 aromatic rings. The molecule has 0 spiro atoms. The van der Waals surface area contributed by atoms with Crippen LogP contribution in [-0.2, 0) is 6.54 Å². The van der Waals surface area contributed by atoms with Gasteiger partial charge in [0.15, 0.2) is 0 Å². The van der Waals surface area contributed by atoms with Gasteiger partial charge in [-0.3, -0.25) is 9.88 Å². The molecule has 188 valence electrons. The van der Waals surface area contributed by atoms with Gasteiger partial charge in [-0.25, -0.2) is 9.78 Å². The highest BCUT2D eigenvalue weighted by molar-refractivity contribution is 5.53. The number of anilines is 1. The van der Waals surface area contributed by atoms with Gasteiger partial charge in [0, 0.05) is 38.4 Å². The Morgan fingerprint density at radius 2 is 1.81 bits per heavy atom. The molecule has 5 rings (SSSR count). The zero-order valence-electron chi connectivity index (χ0n) is 19.7. The molecule has 13 heteroatoms. The van der Waals surface area contributed by atoms with Crippen LogP contribution < -0.4 is 10.7 Å². The summed E-state index contributed by atoms with van der Waals surface area (Å²) in [5.41, 5.74) is 1.34. The van der Waals surface area contributed by atoms with Gasteiger partial charge in [-0.15, -0.1) is 15.3 Å². The summed E-state index contributed by atoms with van der Waals surface area (Å²) >= 11 is 0. The lowest BCUT2D eigenvalue weighted by atomic mass is 10.2. The highest BCUT2D eigenvalue weighted by Crippen LogP contribution is 2.23. The third-order valence-corrected chi connectivity index (χ3v) is 5.94. The molecular formula is C23H24F2N8O3. The average molecular weight is 498 g/mol. The second kappa shape index (κ2) is 9.93. The molecule has 5 heterocycles. The first-order valence-electron chi connectivity index (χ1n) is 11.5. The van der Waals surface area contributed by atoms with E-state index in [4.69, 9.17) is 8.83 Å². The van der Waals surface area contributed by atoms with Crippen molar-refractivity contribution in [2.45, 2.75) is 32.9 Å². The van der Waals surface area contributed by atoms with Crippen LogP contribution in [0.4, 0.5) is 14.6 Å². The molecule has 11 nitrogen and oxygen atoms in total. The van der Waals surface area contributed by atoms with Gasteiger partial charge < -0.3 is 13.7 Å². The van der Waals surface area contributed by atoms with E-state index in [0.29, 0.717) is 23.0 Å². The van der Waals surface area contributed by atoms with E-state index in [1.54, 1.807) is 18.2 Å². The van der Waals surface area contributed by atoms with Crippen LogP contribution in [0.5, 0.6) is 0 Å². The normalized spacial score (nSPS) is 14.8. The van der Waals surface area contributed by atoms with Gasteiger partial charge in [0.2, 0.25) is 5.89 Å². The monoisotopic (exact) mass is 498 g/mol. The minimum Gasteiger partial charge on any atom is -0.415 e. The van der Waals surface area contributed by atoms with Crippen molar-refractivity contribution >= 4 is 5.82 Å². The summed E-state index contributed by atoms with van der Waals surface area (Å²) < 4.78 is 36.7. The Hall–Kier alpha value is -4.00. The van der Waals surface area contributed by atoms with Crippen molar-refractivity contribution in [2.24, 2.45) is 0 Å². The van der Waals surface area contributed by atoms with Crippen LogP contribution in [-0.4, -0.2) is 67.1 Å². The summed E-state index contributed by atoms with van der Waals surface area (Å²) in [7, 11) is 0. The molecule has 4 aromatic heterocycles. The van der Waals surface area contributed by atoms with E-state index >= 15 is 0 Å². The third-order valence-electron chi connectivity index (χ3n) is 5.94. The highest BCUT2D eigenvalue weighted by Gasteiger charge is 2.21. The van der Waals surface area contributed by atoms with E-state index in [1.807, 2.05) is 12.1 Å². The number of alkyl halides is 2. The minimum absolute atomic E-state index is 0.0472. The Bertz CT molecular complexity index is 1370. The second-order valence-corrected chi connectivity index (χ2v) is 8.61. The zero-order valence-corrected chi connectivity index (χ0v) is 19.7. The quantitative estimate of drug-likeness (QED) is 0.376. The smallest absolute Gasteiger partial charge is 0.415 e. The molecule has 36 heavy (non-hydrogen) atoms. The maximum atomic E-state index is 12.7. The molecule has 1 fully saturated rings. The van der Waals surface area contributed by atoms with Crippen molar-refractivity contribution in [3.63, 3.8) is 0 Å². The van der Waals surface area contributed by atoms with E-state index in [1.165, 1.54) is 6.20 Å². The van der Waals surface area contributed by atoms with Gasteiger partial charge in [0.25, 0.3) is 11.8 Å². The van der Waals surface area contributed by atoms with E-state index in [9.17, 15) is 13.6 Å². The standard InChI is InChI=1S/C23H24F2N8O3/c1-14(2)31-8-10-32(11-9-31)18-5-3-4-17(27-18)21-30-33(23(34)36-21)13-16-7-6-15(12-26-16)20-28-29-22(35-20)19(24)25/h3-7,12,14,19H,8-11,13H2,1-2H3. The summed E-state index contributed by atoms with van der Waals surface area (Å²) in [6, 6.07) is 9.24. The molecule has 0 amide bonds. The van der Waals surface area contributed by atoms with Crippen molar-refractivity contribution in [3.8, 4) is 23.0 Å². The van der Waals surface area contributed by atoms with Crippen LogP contribution >= 0.6 is 0 Å². The van der Waals surface area contributed by atoms with Crippen LogP contribution in [0.25, 0.3) is 23.0 Å². The first-order valence-corrected chi connectivity index (χ1v) is 11.5. The van der Waals surface area contributed by atoms with E-state index < -0.39 is 18.1 Å². The zero-order chi connectivity index (χ0) is 25.2. The maximum absolute atomic E-state index is 12.7. The fourth-order valence-corrected chi connectivity index (χ4v) is 3.93. The van der Waals surface area contributed by atoms with E-state index in [0.717, 1.165) is 36.7 Å². The number of halogens is 2. The topological polar surface area (TPSA) is 119 Å². The van der Waals surface area contributed by atoms with Gasteiger partial charge in [0.1, 0.15) is 11.5 Å². The molecule has 0 atom stereocenters. The molecule has 0 N–H and O–H groups in total. The summed E-state index contributed by atoms with van der Waals surface area (Å²) in [5.74, 6) is -0.550. The lowest BCUT2D eigenvalue weighted by molar-refractivity contribution is 0.116. The first kappa shape index (κ1) is 23.7. The Kier molecular flexibility index (Phi) is 6.55. The number of hydrogen-bond acceptors (Lipinski definition) is 10. The van der Waals surface area contributed by atoms with Crippen molar-refractivity contribution in [2.75, 3.05) is 31.1 Å². The molecule has 0 aromatic carbocycles. The molecule has 0 unspecified atom stereocenters. The summed E-state index contributed by atoms with van der Waals surface area (Å²) in [4.78, 5) is 25.9.